The highest BCUT2D eigenvalue weighted by molar-refractivity contribution is 5.26. The maximum absolute atomic E-state index is 14.3. The van der Waals surface area contributed by atoms with Crippen molar-refractivity contribution in [1.82, 2.24) is 0 Å². The topological polar surface area (TPSA) is 9.23 Å². The van der Waals surface area contributed by atoms with Crippen molar-refractivity contribution in [2.75, 3.05) is 6.61 Å². The largest absolute Gasteiger partial charge is 0.373 e. The molecule has 132 valence electrons. The normalized spacial score (nSPS) is 21.3. The SMILES string of the molecule is C=CC1CCC(CCc2ccc(COC/C=C/C)c(F)c2F)CC1. The van der Waals surface area contributed by atoms with Crippen LogP contribution in [0.15, 0.2) is 36.9 Å². The second kappa shape index (κ2) is 9.73. The van der Waals surface area contributed by atoms with Crippen LogP contribution in [0.5, 0.6) is 0 Å². The zero-order valence-electron chi connectivity index (χ0n) is 14.6. The molecule has 0 N–H and O–H groups in total. The van der Waals surface area contributed by atoms with Gasteiger partial charge < -0.3 is 4.74 Å². The quantitative estimate of drug-likeness (QED) is 0.419. The van der Waals surface area contributed by atoms with Gasteiger partial charge in [-0.2, -0.15) is 0 Å². The zero-order chi connectivity index (χ0) is 17.4. The van der Waals surface area contributed by atoms with Gasteiger partial charge in [-0.1, -0.05) is 30.4 Å². The van der Waals surface area contributed by atoms with E-state index in [-0.39, 0.29) is 12.2 Å². The van der Waals surface area contributed by atoms with Crippen LogP contribution in [-0.4, -0.2) is 6.61 Å². The summed E-state index contributed by atoms with van der Waals surface area (Å²) >= 11 is 0. The van der Waals surface area contributed by atoms with Crippen molar-refractivity contribution >= 4 is 0 Å². The summed E-state index contributed by atoms with van der Waals surface area (Å²) in [6.07, 6.45) is 12.0. The van der Waals surface area contributed by atoms with Gasteiger partial charge in [-0.15, -0.1) is 6.58 Å². The van der Waals surface area contributed by atoms with Crippen LogP contribution >= 0.6 is 0 Å². The van der Waals surface area contributed by atoms with E-state index < -0.39 is 11.6 Å². The summed E-state index contributed by atoms with van der Waals surface area (Å²) in [6, 6.07) is 3.36. The molecule has 0 amide bonds. The first-order chi connectivity index (χ1) is 11.7. The van der Waals surface area contributed by atoms with Gasteiger partial charge in [0.15, 0.2) is 11.6 Å². The van der Waals surface area contributed by atoms with E-state index in [1.54, 1.807) is 12.1 Å². The van der Waals surface area contributed by atoms with E-state index >= 15 is 0 Å². The third-order valence-electron chi connectivity index (χ3n) is 5.00. The number of halogens is 2. The van der Waals surface area contributed by atoms with E-state index in [9.17, 15) is 8.78 Å². The molecular formula is C21H28F2O. The minimum atomic E-state index is -0.761. The smallest absolute Gasteiger partial charge is 0.164 e. The number of hydrogen-bond donors (Lipinski definition) is 0. The third-order valence-corrected chi connectivity index (χ3v) is 5.00. The van der Waals surface area contributed by atoms with Crippen LogP contribution in [0.2, 0.25) is 0 Å². The molecular weight excluding hydrogens is 306 g/mol. The molecule has 1 aliphatic carbocycles. The molecule has 0 atom stereocenters. The lowest BCUT2D eigenvalue weighted by atomic mass is 9.79. The zero-order valence-corrected chi connectivity index (χ0v) is 14.6. The van der Waals surface area contributed by atoms with E-state index in [1.807, 2.05) is 25.2 Å². The van der Waals surface area contributed by atoms with Crippen LogP contribution in [0.4, 0.5) is 8.78 Å². The Morgan fingerprint density at radius 3 is 2.46 bits per heavy atom. The predicted octanol–water partition coefficient (Wildman–Crippen LogP) is 5.98. The van der Waals surface area contributed by atoms with E-state index in [0.29, 0.717) is 30.4 Å². The number of aryl methyl sites for hydroxylation is 1. The third kappa shape index (κ3) is 5.27. The van der Waals surface area contributed by atoms with Crippen LogP contribution in [0, 0.1) is 23.5 Å². The Morgan fingerprint density at radius 1 is 1.12 bits per heavy atom. The number of rotatable bonds is 8. The summed E-state index contributed by atoms with van der Waals surface area (Å²) in [6.45, 7) is 6.26. The fraction of sp³-hybridized carbons (Fsp3) is 0.524. The molecule has 0 spiro atoms. The molecule has 0 saturated heterocycles. The molecule has 1 fully saturated rings. The average molecular weight is 334 g/mol. The summed E-state index contributed by atoms with van der Waals surface area (Å²) in [7, 11) is 0. The molecule has 1 aliphatic rings. The van der Waals surface area contributed by atoms with E-state index in [4.69, 9.17) is 4.74 Å². The lowest BCUT2D eigenvalue weighted by molar-refractivity contribution is 0.145. The van der Waals surface area contributed by atoms with Crippen molar-refractivity contribution in [3.05, 3.63) is 59.7 Å². The average Bonchev–Trinajstić information content (AvgIpc) is 2.62. The molecule has 1 saturated carbocycles. The van der Waals surface area contributed by atoms with Crippen LogP contribution < -0.4 is 0 Å². The molecule has 0 bridgehead atoms. The van der Waals surface area contributed by atoms with Crippen LogP contribution in [0.3, 0.4) is 0 Å². The predicted molar refractivity (Wildman–Crippen MR) is 94.8 cm³/mol. The van der Waals surface area contributed by atoms with E-state index in [0.717, 1.165) is 19.3 Å². The Labute approximate surface area is 144 Å². The maximum Gasteiger partial charge on any atom is 0.164 e. The first-order valence-electron chi connectivity index (χ1n) is 8.92. The Bertz CT molecular complexity index is 557. The fourth-order valence-corrected chi connectivity index (χ4v) is 3.34. The van der Waals surface area contributed by atoms with Crippen molar-refractivity contribution in [3.8, 4) is 0 Å². The fourth-order valence-electron chi connectivity index (χ4n) is 3.34. The van der Waals surface area contributed by atoms with Gasteiger partial charge in [-0.25, -0.2) is 8.78 Å². The van der Waals surface area contributed by atoms with Crippen LogP contribution in [0.25, 0.3) is 0 Å². The van der Waals surface area contributed by atoms with Crippen LogP contribution in [-0.2, 0) is 17.8 Å². The molecule has 3 heteroatoms. The maximum atomic E-state index is 14.3. The highest BCUT2D eigenvalue weighted by Crippen LogP contribution is 2.32. The summed E-state index contributed by atoms with van der Waals surface area (Å²) in [4.78, 5) is 0. The summed E-state index contributed by atoms with van der Waals surface area (Å²) < 4.78 is 33.7. The summed E-state index contributed by atoms with van der Waals surface area (Å²) in [5, 5.41) is 0. The van der Waals surface area contributed by atoms with Gasteiger partial charge in [0, 0.05) is 5.56 Å². The number of allylic oxidation sites excluding steroid dienone is 2. The highest BCUT2D eigenvalue weighted by Gasteiger charge is 2.20. The minimum absolute atomic E-state index is 0.0962. The Hall–Kier alpha value is -1.48. The van der Waals surface area contributed by atoms with Crippen molar-refractivity contribution in [2.45, 2.75) is 52.1 Å². The lowest BCUT2D eigenvalue weighted by Gasteiger charge is -2.26. The Morgan fingerprint density at radius 2 is 1.79 bits per heavy atom. The molecule has 0 unspecified atom stereocenters. The number of benzene rings is 1. The van der Waals surface area contributed by atoms with Crippen LogP contribution in [0.1, 0.15) is 50.2 Å². The Kier molecular flexibility index (Phi) is 7.64. The molecule has 0 heterocycles. The minimum Gasteiger partial charge on any atom is -0.373 e. The Balaban J connectivity index is 1.87. The van der Waals surface area contributed by atoms with Gasteiger partial charge in [0.2, 0.25) is 0 Å². The highest BCUT2D eigenvalue weighted by atomic mass is 19.2. The van der Waals surface area contributed by atoms with Gasteiger partial charge in [0.25, 0.3) is 0 Å². The molecule has 1 aromatic carbocycles. The summed E-state index contributed by atoms with van der Waals surface area (Å²) in [5.41, 5.74) is 0.766. The first-order valence-corrected chi connectivity index (χ1v) is 8.92. The molecule has 2 rings (SSSR count). The van der Waals surface area contributed by atoms with Crippen molar-refractivity contribution in [2.24, 2.45) is 11.8 Å². The van der Waals surface area contributed by atoms with Gasteiger partial charge in [-0.3, -0.25) is 0 Å². The number of hydrogen-bond acceptors (Lipinski definition) is 1. The molecule has 1 nitrogen and oxygen atoms in total. The molecule has 1 aromatic rings. The molecule has 0 radical (unpaired) electrons. The van der Waals surface area contributed by atoms with Gasteiger partial charge in [0.1, 0.15) is 0 Å². The van der Waals surface area contributed by atoms with Gasteiger partial charge in [-0.05, 0) is 62.8 Å². The molecule has 0 aromatic heterocycles. The van der Waals surface area contributed by atoms with Crippen molar-refractivity contribution in [1.29, 1.82) is 0 Å². The molecule has 0 aliphatic heterocycles. The first kappa shape index (κ1) is 18.9. The summed E-state index contributed by atoms with van der Waals surface area (Å²) in [5.74, 6) is -0.213. The lowest BCUT2D eigenvalue weighted by Crippen LogP contribution is -2.14. The van der Waals surface area contributed by atoms with Gasteiger partial charge >= 0.3 is 0 Å². The second-order valence-electron chi connectivity index (χ2n) is 6.65. The van der Waals surface area contributed by atoms with E-state index in [1.165, 1.54) is 12.8 Å². The standard InChI is InChI=1S/C21H28F2O/c1-3-5-14-24-15-19-13-12-18(20(22)21(19)23)11-10-17-8-6-16(4-2)7-9-17/h3-5,12-13,16-17H,2,6-11,14-15H2,1H3/b5-3+. The molecule has 24 heavy (non-hydrogen) atoms. The monoisotopic (exact) mass is 334 g/mol. The second-order valence-corrected chi connectivity index (χ2v) is 6.65. The van der Waals surface area contributed by atoms with E-state index in [2.05, 4.69) is 6.58 Å². The van der Waals surface area contributed by atoms with Crippen molar-refractivity contribution < 1.29 is 13.5 Å². The van der Waals surface area contributed by atoms with Gasteiger partial charge in [0.05, 0.1) is 13.2 Å². The number of ether oxygens (including phenoxy) is 1. The van der Waals surface area contributed by atoms with Crippen molar-refractivity contribution in [3.63, 3.8) is 0 Å².